The summed E-state index contributed by atoms with van der Waals surface area (Å²) in [5.74, 6) is 0. The molecule has 190 valence electrons. The standard InChI is InChI=1S/C38H22N2O/c1-2-10-24-21-25(18-17-23(24)9-1)35-27-11-3-5-13-29(27)36(30-14-6-4-12-28(30)35)26-19-20-34-31(22-26)37-38(41-34)40-33-16-8-7-15-32(33)39-37/h1-22H. The number of hydrogen-bond acceptors (Lipinski definition) is 3. The maximum atomic E-state index is 6.16. The summed E-state index contributed by atoms with van der Waals surface area (Å²) in [6.45, 7) is 0. The molecule has 0 radical (unpaired) electrons. The van der Waals surface area contributed by atoms with E-state index in [2.05, 4.69) is 109 Å². The fraction of sp³-hybridized carbons (Fsp3) is 0. The molecule has 0 N–H and O–H groups in total. The van der Waals surface area contributed by atoms with Crippen molar-refractivity contribution >= 4 is 65.6 Å². The van der Waals surface area contributed by atoms with Crippen LogP contribution < -0.4 is 0 Å². The van der Waals surface area contributed by atoms with E-state index in [4.69, 9.17) is 14.4 Å². The molecule has 3 heteroatoms. The molecule has 0 saturated heterocycles. The third-order valence-corrected chi connectivity index (χ3v) is 8.24. The highest BCUT2D eigenvalue weighted by atomic mass is 16.3. The molecular formula is C38H22N2O. The second kappa shape index (κ2) is 8.48. The van der Waals surface area contributed by atoms with Gasteiger partial charge in [-0.1, -0.05) is 103 Å². The zero-order chi connectivity index (χ0) is 26.9. The maximum Gasteiger partial charge on any atom is 0.246 e. The average molecular weight is 523 g/mol. The van der Waals surface area contributed by atoms with Crippen LogP contribution in [0, 0.1) is 0 Å². The predicted octanol–water partition coefficient (Wildman–Crippen LogP) is 10.3. The van der Waals surface area contributed by atoms with Gasteiger partial charge in [-0.15, -0.1) is 0 Å². The number of para-hydroxylation sites is 2. The van der Waals surface area contributed by atoms with Gasteiger partial charge in [0.15, 0.2) is 0 Å². The quantitative estimate of drug-likeness (QED) is 0.212. The van der Waals surface area contributed by atoms with Crippen molar-refractivity contribution in [3.63, 3.8) is 0 Å². The molecule has 0 aliphatic rings. The first-order valence-corrected chi connectivity index (χ1v) is 13.8. The zero-order valence-electron chi connectivity index (χ0n) is 22.0. The van der Waals surface area contributed by atoms with Crippen LogP contribution in [-0.2, 0) is 0 Å². The summed E-state index contributed by atoms with van der Waals surface area (Å²) in [4.78, 5) is 9.70. The topological polar surface area (TPSA) is 38.9 Å². The maximum absolute atomic E-state index is 6.16. The lowest BCUT2D eigenvalue weighted by Crippen LogP contribution is -1.91. The van der Waals surface area contributed by atoms with Crippen molar-refractivity contribution in [3.05, 3.63) is 133 Å². The van der Waals surface area contributed by atoms with Gasteiger partial charge in [0, 0.05) is 5.39 Å². The smallest absolute Gasteiger partial charge is 0.246 e. The van der Waals surface area contributed by atoms with Crippen LogP contribution in [0.15, 0.2) is 138 Å². The first-order valence-electron chi connectivity index (χ1n) is 13.8. The summed E-state index contributed by atoms with van der Waals surface area (Å²) in [6.07, 6.45) is 0. The molecule has 7 aromatic carbocycles. The number of benzene rings is 7. The fourth-order valence-electron chi connectivity index (χ4n) is 6.39. The SMILES string of the molecule is c1ccc2cc(-c3c4ccccc4c(-c4ccc5oc6nc7ccccc7nc6c5c4)c4ccccc34)ccc2c1. The molecule has 0 amide bonds. The first-order chi connectivity index (χ1) is 20.3. The van der Waals surface area contributed by atoms with Crippen molar-refractivity contribution < 1.29 is 4.42 Å². The molecule has 0 aliphatic heterocycles. The Morgan fingerprint density at radius 3 is 1.63 bits per heavy atom. The molecule has 0 fully saturated rings. The Balaban J connectivity index is 1.36. The average Bonchev–Trinajstić information content (AvgIpc) is 3.38. The van der Waals surface area contributed by atoms with Gasteiger partial charge >= 0.3 is 0 Å². The Morgan fingerprint density at radius 2 is 0.951 bits per heavy atom. The van der Waals surface area contributed by atoms with Gasteiger partial charge < -0.3 is 4.42 Å². The molecule has 2 heterocycles. The Labute approximate surface area is 235 Å². The fourth-order valence-corrected chi connectivity index (χ4v) is 6.39. The Bertz CT molecular complexity index is 2430. The van der Waals surface area contributed by atoms with E-state index in [-0.39, 0.29) is 0 Å². The van der Waals surface area contributed by atoms with E-state index in [1.54, 1.807) is 0 Å². The zero-order valence-corrected chi connectivity index (χ0v) is 22.0. The Hall–Kier alpha value is -5.54. The van der Waals surface area contributed by atoms with Crippen molar-refractivity contribution in [2.75, 3.05) is 0 Å². The second-order valence-corrected chi connectivity index (χ2v) is 10.6. The Morgan fingerprint density at radius 1 is 0.415 bits per heavy atom. The molecule has 0 saturated carbocycles. The van der Waals surface area contributed by atoms with Crippen molar-refractivity contribution in [1.29, 1.82) is 0 Å². The van der Waals surface area contributed by atoms with E-state index < -0.39 is 0 Å². The number of hydrogen-bond donors (Lipinski definition) is 0. The molecule has 0 bridgehead atoms. The highest BCUT2D eigenvalue weighted by molar-refractivity contribution is 6.22. The van der Waals surface area contributed by atoms with Crippen LogP contribution in [0.2, 0.25) is 0 Å². The summed E-state index contributed by atoms with van der Waals surface area (Å²) < 4.78 is 6.16. The molecule has 41 heavy (non-hydrogen) atoms. The van der Waals surface area contributed by atoms with Crippen molar-refractivity contribution in [1.82, 2.24) is 9.97 Å². The van der Waals surface area contributed by atoms with Gasteiger partial charge in [0.05, 0.1) is 11.0 Å². The summed E-state index contributed by atoms with van der Waals surface area (Å²) >= 11 is 0. The number of aromatic nitrogens is 2. The Kier molecular flexibility index (Phi) is 4.61. The summed E-state index contributed by atoms with van der Waals surface area (Å²) in [6, 6.07) is 47.2. The second-order valence-electron chi connectivity index (χ2n) is 10.6. The van der Waals surface area contributed by atoms with Crippen molar-refractivity contribution in [3.8, 4) is 22.3 Å². The molecule has 2 aromatic heterocycles. The summed E-state index contributed by atoms with van der Waals surface area (Å²) in [7, 11) is 0. The number of rotatable bonds is 2. The van der Waals surface area contributed by atoms with Gasteiger partial charge in [-0.25, -0.2) is 9.97 Å². The predicted molar refractivity (Wildman–Crippen MR) is 170 cm³/mol. The van der Waals surface area contributed by atoms with E-state index in [0.717, 1.165) is 33.1 Å². The summed E-state index contributed by atoms with van der Waals surface area (Å²) in [5.41, 5.74) is 8.68. The minimum Gasteiger partial charge on any atom is -0.436 e. The minimum absolute atomic E-state index is 0.567. The van der Waals surface area contributed by atoms with Crippen LogP contribution >= 0.6 is 0 Å². The van der Waals surface area contributed by atoms with Gasteiger partial charge in [0.1, 0.15) is 11.1 Å². The minimum atomic E-state index is 0.567. The van der Waals surface area contributed by atoms with Gasteiger partial charge in [-0.2, -0.15) is 0 Å². The van der Waals surface area contributed by atoms with Gasteiger partial charge in [-0.05, 0) is 84.9 Å². The lowest BCUT2D eigenvalue weighted by molar-refractivity contribution is 0.655. The number of furan rings is 1. The number of nitrogens with zero attached hydrogens (tertiary/aromatic N) is 2. The molecule has 9 aromatic rings. The molecule has 9 rings (SSSR count). The monoisotopic (exact) mass is 522 g/mol. The van der Waals surface area contributed by atoms with Crippen LogP contribution in [0.4, 0.5) is 0 Å². The van der Waals surface area contributed by atoms with Crippen LogP contribution in [0.25, 0.3) is 87.8 Å². The highest BCUT2D eigenvalue weighted by Gasteiger charge is 2.18. The lowest BCUT2D eigenvalue weighted by atomic mass is 9.85. The van der Waals surface area contributed by atoms with Crippen LogP contribution in [0.1, 0.15) is 0 Å². The van der Waals surface area contributed by atoms with E-state index >= 15 is 0 Å². The first kappa shape index (κ1) is 22.3. The third kappa shape index (κ3) is 3.33. The molecule has 0 spiro atoms. The molecular weight excluding hydrogens is 500 g/mol. The van der Waals surface area contributed by atoms with Crippen molar-refractivity contribution in [2.45, 2.75) is 0 Å². The van der Waals surface area contributed by atoms with E-state index in [9.17, 15) is 0 Å². The summed E-state index contributed by atoms with van der Waals surface area (Å²) in [5, 5.41) is 8.38. The highest BCUT2D eigenvalue weighted by Crippen LogP contribution is 2.45. The van der Waals surface area contributed by atoms with E-state index in [0.29, 0.717) is 5.71 Å². The van der Waals surface area contributed by atoms with Crippen LogP contribution in [0.3, 0.4) is 0 Å². The van der Waals surface area contributed by atoms with Gasteiger partial charge in [-0.3, -0.25) is 0 Å². The van der Waals surface area contributed by atoms with Crippen molar-refractivity contribution in [2.24, 2.45) is 0 Å². The number of fused-ring (bicyclic) bond motifs is 7. The van der Waals surface area contributed by atoms with E-state index in [1.165, 1.54) is 49.0 Å². The largest absolute Gasteiger partial charge is 0.436 e. The van der Waals surface area contributed by atoms with E-state index in [1.807, 2.05) is 24.3 Å². The molecule has 0 atom stereocenters. The van der Waals surface area contributed by atoms with Gasteiger partial charge in [0.25, 0.3) is 0 Å². The normalized spacial score (nSPS) is 11.9. The van der Waals surface area contributed by atoms with Gasteiger partial charge in [0.2, 0.25) is 5.71 Å². The van der Waals surface area contributed by atoms with Crippen LogP contribution in [-0.4, -0.2) is 9.97 Å². The molecule has 3 nitrogen and oxygen atoms in total. The molecule has 0 aliphatic carbocycles. The third-order valence-electron chi connectivity index (χ3n) is 8.24. The van der Waals surface area contributed by atoms with Crippen LogP contribution in [0.5, 0.6) is 0 Å². The molecule has 0 unspecified atom stereocenters. The lowest BCUT2D eigenvalue weighted by Gasteiger charge is -2.18.